The molecule has 0 aliphatic carbocycles. The Hall–Kier alpha value is -2.96. The first-order chi connectivity index (χ1) is 16.3. The molecule has 3 heterocycles. The van der Waals surface area contributed by atoms with Crippen molar-refractivity contribution in [1.29, 1.82) is 0 Å². The summed E-state index contributed by atoms with van der Waals surface area (Å²) in [5.74, 6) is 0.653. The summed E-state index contributed by atoms with van der Waals surface area (Å²) < 4.78 is 13.7. The van der Waals surface area contributed by atoms with Gasteiger partial charge in [0.1, 0.15) is 0 Å². The average molecular weight is 448 g/mol. The summed E-state index contributed by atoms with van der Waals surface area (Å²) in [5, 5.41) is 11.1. The van der Waals surface area contributed by atoms with Crippen LogP contribution in [0.4, 0.5) is 0 Å². The maximum Gasteiger partial charge on any atom is 0.213 e. The molecule has 0 bridgehead atoms. The van der Waals surface area contributed by atoms with Crippen LogP contribution in [0.3, 0.4) is 0 Å². The van der Waals surface area contributed by atoms with Crippen LogP contribution < -0.4 is 4.74 Å². The first-order valence-corrected chi connectivity index (χ1v) is 11.9. The van der Waals surface area contributed by atoms with E-state index in [9.17, 15) is 0 Å². The van der Waals surface area contributed by atoms with Gasteiger partial charge in [-0.2, -0.15) is 0 Å². The quantitative estimate of drug-likeness (QED) is 0.273. The molecule has 6 heteroatoms. The van der Waals surface area contributed by atoms with Crippen molar-refractivity contribution >= 4 is 21.8 Å². The van der Waals surface area contributed by atoms with Gasteiger partial charge in [0.15, 0.2) is 0 Å². The number of aliphatic hydroxyl groups is 1. The van der Waals surface area contributed by atoms with Gasteiger partial charge in [0.05, 0.1) is 12.1 Å². The molecule has 0 saturated carbocycles. The Bertz CT molecular complexity index is 1150. The lowest BCUT2D eigenvalue weighted by molar-refractivity contribution is 0.122. The molecule has 4 rings (SSSR count). The molecule has 0 saturated heterocycles. The van der Waals surface area contributed by atoms with Crippen LogP contribution in [0.1, 0.15) is 38.5 Å². The Morgan fingerprint density at radius 2 is 1.58 bits per heavy atom. The molecule has 6 nitrogen and oxygen atoms in total. The van der Waals surface area contributed by atoms with Gasteiger partial charge in [-0.25, -0.2) is 4.98 Å². The summed E-state index contributed by atoms with van der Waals surface area (Å²) in [6.07, 6.45) is 11.7. The lowest BCUT2D eigenvalue weighted by Crippen LogP contribution is -2.02. The zero-order valence-corrected chi connectivity index (χ0v) is 19.4. The van der Waals surface area contributed by atoms with Gasteiger partial charge in [-0.1, -0.05) is 25.0 Å². The smallest absolute Gasteiger partial charge is 0.213 e. The number of aliphatic hydroxyl groups excluding tert-OH is 1. The molecule has 0 atom stereocenters. The number of aromatic nitrogens is 3. The zero-order chi connectivity index (χ0) is 22.9. The van der Waals surface area contributed by atoms with Gasteiger partial charge in [-0.05, 0) is 49.4 Å². The van der Waals surface area contributed by atoms with E-state index >= 15 is 0 Å². The summed E-state index contributed by atoms with van der Waals surface area (Å²) in [4.78, 5) is 8.77. The molecule has 0 radical (unpaired) electrons. The Labute approximate surface area is 195 Å². The summed E-state index contributed by atoms with van der Waals surface area (Å²) in [6.45, 7) is 2.50. The second kappa shape index (κ2) is 11.8. The highest BCUT2D eigenvalue weighted by atomic mass is 16.5. The van der Waals surface area contributed by atoms with E-state index < -0.39 is 0 Å². The number of hydrogen-bond acceptors (Lipinski definition) is 5. The van der Waals surface area contributed by atoms with E-state index in [4.69, 9.17) is 14.6 Å². The van der Waals surface area contributed by atoms with Crippen molar-refractivity contribution in [1.82, 2.24) is 14.5 Å². The van der Waals surface area contributed by atoms with Crippen molar-refractivity contribution < 1.29 is 14.6 Å². The highest BCUT2D eigenvalue weighted by Gasteiger charge is 2.09. The van der Waals surface area contributed by atoms with Crippen LogP contribution in [0.15, 0.2) is 55.0 Å². The normalized spacial score (nSPS) is 11.5. The maximum atomic E-state index is 8.75. The number of nitrogens with zero attached hydrogens (tertiary/aromatic N) is 3. The Kier molecular flexibility index (Phi) is 8.28. The van der Waals surface area contributed by atoms with Crippen LogP contribution in [-0.2, 0) is 11.8 Å². The Balaban J connectivity index is 1.24. The van der Waals surface area contributed by atoms with E-state index in [0.29, 0.717) is 12.5 Å². The Morgan fingerprint density at radius 3 is 2.39 bits per heavy atom. The number of fused-ring (bicyclic) bond motifs is 3. The van der Waals surface area contributed by atoms with Crippen LogP contribution >= 0.6 is 0 Å². The van der Waals surface area contributed by atoms with Gasteiger partial charge >= 0.3 is 0 Å². The number of unbranched alkanes of at least 4 members (excludes halogenated alkanes) is 4. The van der Waals surface area contributed by atoms with Crippen molar-refractivity contribution in [3.8, 4) is 17.0 Å². The monoisotopic (exact) mass is 447 g/mol. The molecule has 174 valence electrons. The van der Waals surface area contributed by atoms with E-state index in [-0.39, 0.29) is 6.61 Å². The third-order valence-electron chi connectivity index (χ3n) is 6.01. The number of benzene rings is 1. The second-order valence-electron chi connectivity index (χ2n) is 8.37. The first-order valence-electron chi connectivity index (χ1n) is 11.9. The second-order valence-corrected chi connectivity index (χ2v) is 8.37. The minimum Gasteiger partial charge on any atom is -0.478 e. The molecule has 1 N–H and O–H groups in total. The van der Waals surface area contributed by atoms with Gasteiger partial charge in [0.25, 0.3) is 0 Å². The largest absolute Gasteiger partial charge is 0.478 e. The zero-order valence-electron chi connectivity index (χ0n) is 19.4. The fourth-order valence-electron chi connectivity index (χ4n) is 4.12. The molecular weight excluding hydrogens is 414 g/mol. The third-order valence-corrected chi connectivity index (χ3v) is 6.01. The minimum absolute atomic E-state index is 0.289. The van der Waals surface area contributed by atoms with Crippen molar-refractivity contribution in [2.24, 2.45) is 7.05 Å². The molecule has 3 aromatic heterocycles. The average Bonchev–Trinajstić information content (AvgIpc) is 3.14. The summed E-state index contributed by atoms with van der Waals surface area (Å²) in [5.41, 5.74) is 4.57. The summed E-state index contributed by atoms with van der Waals surface area (Å²) in [7, 11) is 2.09. The van der Waals surface area contributed by atoms with Crippen LogP contribution in [0.2, 0.25) is 0 Å². The first kappa shape index (κ1) is 23.2. The van der Waals surface area contributed by atoms with Crippen molar-refractivity contribution in [3.63, 3.8) is 0 Å². The molecular formula is C27H33N3O3. The number of aryl methyl sites for hydroxylation is 1. The Morgan fingerprint density at radius 1 is 0.788 bits per heavy atom. The molecule has 0 unspecified atom stereocenters. The maximum absolute atomic E-state index is 8.75. The molecule has 4 aromatic rings. The van der Waals surface area contributed by atoms with E-state index in [0.717, 1.165) is 62.9 Å². The molecule has 33 heavy (non-hydrogen) atoms. The minimum atomic E-state index is 0.289. The van der Waals surface area contributed by atoms with Gasteiger partial charge in [-0.3, -0.25) is 4.98 Å². The molecule has 0 amide bonds. The predicted molar refractivity (Wildman–Crippen MR) is 133 cm³/mol. The predicted octanol–water partition coefficient (Wildman–Crippen LogP) is 5.52. The number of rotatable bonds is 13. The van der Waals surface area contributed by atoms with Crippen LogP contribution in [0.25, 0.3) is 32.9 Å². The van der Waals surface area contributed by atoms with Crippen LogP contribution in [0.5, 0.6) is 5.88 Å². The molecule has 0 aliphatic heterocycles. The summed E-state index contributed by atoms with van der Waals surface area (Å²) >= 11 is 0. The third kappa shape index (κ3) is 5.89. The van der Waals surface area contributed by atoms with Gasteiger partial charge in [0.2, 0.25) is 5.88 Å². The lowest BCUT2D eigenvalue weighted by Gasteiger charge is -2.08. The van der Waals surface area contributed by atoms with E-state index in [1.807, 2.05) is 24.7 Å². The van der Waals surface area contributed by atoms with Crippen LogP contribution in [0, 0.1) is 0 Å². The van der Waals surface area contributed by atoms with Crippen molar-refractivity contribution in [2.75, 3.05) is 26.4 Å². The highest BCUT2D eigenvalue weighted by molar-refractivity contribution is 6.08. The highest BCUT2D eigenvalue weighted by Crippen LogP contribution is 2.31. The number of hydrogen-bond donors (Lipinski definition) is 1. The van der Waals surface area contributed by atoms with Gasteiger partial charge in [0, 0.05) is 73.4 Å². The molecule has 0 aliphatic rings. The molecule has 1 aromatic carbocycles. The summed E-state index contributed by atoms with van der Waals surface area (Å²) in [6, 6.07) is 12.6. The molecule has 0 spiro atoms. The SMILES string of the molecule is Cn1c2ccncc2c2ccc(-c3ccc(OCCCCOCCCCCCO)nc3)cc21. The van der Waals surface area contributed by atoms with Gasteiger partial charge in [-0.15, -0.1) is 0 Å². The fourth-order valence-corrected chi connectivity index (χ4v) is 4.12. The number of pyridine rings is 2. The van der Waals surface area contributed by atoms with Crippen molar-refractivity contribution in [3.05, 3.63) is 55.0 Å². The van der Waals surface area contributed by atoms with Gasteiger partial charge < -0.3 is 19.1 Å². The van der Waals surface area contributed by atoms with E-state index in [1.165, 1.54) is 21.8 Å². The number of ether oxygens (including phenoxy) is 2. The van der Waals surface area contributed by atoms with E-state index in [1.54, 1.807) is 0 Å². The van der Waals surface area contributed by atoms with Crippen molar-refractivity contribution in [2.45, 2.75) is 38.5 Å². The van der Waals surface area contributed by atoms with Crippen LogP contribution in [-0.4, -0.2) is 46.1 Å². The lowest BCUT2D eigenvalue weighted by atomic mass is 10.1. The standard InChI is InChI=1S/C27H33N3O3/c1-30-25-12-13-28-20-24(25)23-10-8-21(18-26(23)30)22-9-11-27(29-19-22)33-17-7-6-16-32-15-5-3-2-4-14-31/h8-13,18-20,31H,2-7,14-17H2,1H3. The molecule has 0 fully saturated rings. The fraction of sp³-hybridized carbons (Fsp3) is 0.407. The topological polar surface area (TPSA) is 69.4 Å². The van der Waals surface area contributed by atoms with E-state index in [2.05, 4.69) is 51.9 Å².